The van der Waals surface area contributed by atoms with Gasteiger partial charge < -0.3 is 15.4 Å². The van der Waals surface area contributed by atoms with E-state index < -0.39 is 0 Å². The van der Waals surface area contributed by atoms with Crippen molar-refractivity contribution < 1.29 is 9.53 Å². The number of nitrogens with one attached hydrogen (secondary N) is 2. The first-order valence-electron chi connectivity index (χ1n) is 7.69. The van der Waals surface area contributed by atoms with E-state index in [-0.39, 0.29) is 5.97 Å². The minimum absolute atomic E-state index is 0.300. The van der Waals surface area contributed by atoms with Crippen LogP contribution in [-0.4, -0.2) is 17.7 Å². The zero-order valence-corrected chi connectivity index (χ0v) is 15.7. The van der Waals surface area contributed by atoms with E-state index in [9.17, 15) is 4.79 Å². The quantitative estimate of drug-likeness (QED) is 0.391. The van der Waals surface area contributed by atoms with Gasteiger partial charge in [0, 0.05) is 15.8 Å². The molecule has 0 aliphatic rings. The predicted molar refractivity (Wildman–Crippen MR) is 106 cm³/mol. The minimum atomic E-state index is -0.300. The summed E-state index contributed by atoms with van der Waals surface area (Å²) < 4.78 is 6.18. The Morgan fingerprint density at radius 2 is 1.58 bits per heavy atom. The molecule has 2 aromatic rings. The average molecular weight is 407 g/mol. The maximum absolute atomic E-state index is 11.8. The summed E-state index contributed by atoms with van der Waals surface area (Å²) in [5.41, 5.74) is 2.23. The molecule has 0 fully saturated rings. The normalized spacial score (nSPS) is 10.1. The van der Waals surface area contributed by atoms with Crippen molar-refractivity contribution in [3.63, 3.8) is 0 Å². The predicted octanol–water partition coefficient (Wildman–Crippen LogP) is 5.21. The highest BCUT2D eigenvalue weighted by Crippen LogP contribution is 2.15. The summed E-state index contributed by atoms with van der Waals surface area (Å²) in [4.78, 5) is 11.8. The van der Waals surface area contributed by atoms with Crippen molar-refractivity contribution in [2.24, 2.45) is 0 Å². The van der Waals surface area contributed by atoms with Crippen LogP contribution >= 0.6 is 28.1 Å². The highest BCUT2D eigenvalue weighted by Gasteiger charge is 2.07. The number of hydrogen-bond acceptors (Lipinski definition) is 3. The summed E-state index contributed by atoms with van der Waals surface area (Å²) in [5.74, 6) is -0.300. The van der Waals surface area contributed by atoms with E-state index in [1.165, 1.54) is 0 Å². The van der Waals surface area contributed by atoms with Crippen LogP contribution in [-0.2, 0) is 4.74 Å². The van der Waals surface area contributed by atoms with E-state index in [1.54, 1.807) is 24.3 Å². The van der Waals surface area contributed by atoms with Gasteiger partial charge >= 0.3 is 5.97 Å². The number of halogens is 1. The Bertz CT molecular complexity index is 687. The summed E-state index contributed by atoms with van der Waals surface area (Å²) in [6, 6.07) is 14.8. The second-order valence-corrected chi connectivity index (χ2v) is 6.48. The molecule has 0 bridgehead atoms. The number of carbonyl (C=O) groups is 1. The van der Waals surface area contributed by atoms with Gasteiger partial charge in [0.05, 0.1) is 12.2 Å². The molecule has 0 spiro atoms. The monoisotopic (exact) mass is 406 g/mol. The van der Waals surface area contributed by atoms with Crippen LogP contribution in [0.1, 0.15) is 30.1 Å². The molecular weight excluding hydrogens is 388 g/mol. The summed E-state index contributed by atoms with van der Waals surface area (Å²) in [7, 11) is 0. The molecule has 0 saturated heterocycles. The van der Waals surface area contributed by atoms with Gasteiger partial charge in [0.1, 0.15) is 0 Å². The summed E-state index contributed by atoms with van der Waals surface area (Å²) in [6.07, 6.45) is 1.88. The lowest BCUT2D eigenvalue weighted by atomic mass is 10.2. The van der Waals surface area contributed by atoms with Gasteiger partial charge in [0.25, 0.3) is 0 Å². The van der Waals surface area contributed by atoms with Crippen LogP contribution in [0.15, 0.2) is 53.0 Å². The number of carbonyl (C=O) groups excluding carboxylic acids is 1. The van der Waals surface area contributed by atoms with E-state index >= 15 is 0 Å². The van der Waals surface area contributed by atoms with Crippen molar-refractivity contribution in [3.8, 4) is 0 Å². The molecule has 4 nitrogen and oxygen atoms in total. The zero-order chi connectivity index (χ0) is 17.4. The van der Waals surface area contributed by atoms with Gasteiger partial charge in [-0.25, -0.2) is 4.79 Å². The lowest BCUT2D eigenvalue weighted by Gasteiger charge is -2.11. The first-order chi connectivity index (χ1) is 11.6. The molecular formula is C18H19BrN2O2S. The van der Waals surface area contributed by atoms with E-state index in [4.69, 9.17) is 17.0 Å². The van der Waals surface area contributed by atoms with Crippen LogP contribution in [0.3, 0.4) is 0 Å². The zero-order valence-electron chi connectivity index (χ0n) is 13.3. The van der Waals surface area contributed by atoms with Crippen molar-refractivity contribution >= 4 is 50.6 Å². The van der Waals surface area contributed by atoms with Gasteiger partial charge in [-0.1, -0.05) is 29.3 Å². The third kappa shape index (κ3) is 5.94. The molecule has 2 rings (SSSR count). The maximum Gasteiger partial charge on any atom is 0.338 e. The number of esters is 1. The van der Waals surface area contributed by atoms with Crippen LogP contribution in [0, 0.1) is 0 Å². The first kappa shape index (κ1) is 18.4. The van der Waals surface area contributed by atoms with Crippen molar-refractivity contribution in [1.29, 1.82) is 0 Å². The number of rotatable bonds is 6. The molecule has 0 unspecified atom stereocenters. The van der Waals surface area contributed by atoms with E-state index in [2.05, 4.69) is 33.5 Å². The molecule has 0 heterocycles. The van der Waals surface area contributed by atoms with Crippen LogP contribution in [0.25, 0.3) is 0 Å². The van der Waals surface area contributed by atoms with E-state index in [1.807, 2.05) is 24.3 Å². The van der Waals surface area contributed by atoms with Crippen LogP contribution < -0.4 is 10.6 Å². The highest BCUT2D eigenvalue weighted by atomic mass is 79.9. The Kier molecular flexibility index (Phi) is 7.21. The molecule has 0 saturated carbocycles. The van der Waals surface area contributed by atoms with Crippen LogP contribution in [0.4, 0.5) is 11.4 Å². The Labute approximate surface area is 155 Å². The Hall–Kier alpha value is -1.92. The van der Waals surface area contributed by atoms with Crippen molar-refractivity contribution in [2.75, 3.05) is 17.2 Å². The smallest absolute Gasteiger partial charge is 0.338 e. The van der Waals surface area contributed by atoms with E-state index in [0.717, 1.165) is 28.7 Å². The number of benzene rings is 2. The Morgan fingerprint density at radius 3 is 2.12 bits per heavy atom. The van der Waals surface area contributed by atoms with Gasteiger partial charge in [-0.15, -0.1) is 0 Å². The molecule has 0 aliphatic heterocycles. The van der Waals surface area contributed by atoms with Crippen molar-refractivity contribution in [2.45, 2.75) is 19.8 Å². The van der Waals surface area contributed by atoms with Gasteiger partial charge in [0.15, 0.2) is 5.11 Å². The average Bonchev–Trinajstić information content (AvgIpc) is 2.58. The summed E-state index contributed by atoms with van der Waals surface area (Å²) in [6.45, 7) is 2.51. The Balaban J connectivity index is 1.87. The van der Waals surface area contributed by atoms with Crippen LogP contribution in [0.2, 0.25) is 0 Å². The second-order valence-electron chi connectivity index (χ2n) is 5.15. The topological polar surface area (TPSA) is 50.4 Å². The molecule has 24 heavy (non-hydrogen) atoms. The largest absolute Gasteiger partial charge is 0.462 e. The number of thiocarbonyl (C=S) groups is 1. The molecule has 6 heteroatoms. The molecule has 126 valence electrons. The Morgan fingerprint density at radius 1 is 1.04 bits per heavy atom. The second kappa shape index (κ2) is 9.39. The molecule has 2 aromatic carbocycles. The fourth-order valence-electron chi connectivity index (χ4n) is 1.91. The lowest BCUT2D eigenvalue weighted by molar-refractivity contribution is 0.0500. The van der Waals surface area contributed by atoms with Crippen molar-refractivity contribution in [3.05, 3.63) is 58.6 Å². The molecule has 0 aromatic heterocycles. The fourth-order valence-corrected chi connectivity index (χ4v) is 2.41. The standard InChI is InChI=1S/C18H19BrN2O2S/c1-2-3-12-23-17(22)13-4-8-15(9-5-13)20-18(24)21-16-10-6-14(19)7-11-16/h4-11H,2-3,12H2,1H3,(H2,20,21,24). The lowest BCUT2D eigenvalue weighted by Crippen LogP contribution is -2.19. The number of unbranched alkanes of at least 4 members (excludes halogenated alkanes) is 1. The highest BCUT2D eigenvalue weighted by molar-refractivity contribution is 9.10. The molecule has 0 aliphatic carbocycles. The summed E-state index contributed by atoms with van der Waals surface area (Å²) >= 11 is 8.67. The van der Waals surface area contributed by atoms with Crippen molar-refractivity contribution in [1.82, 2.24) is 0 Å². The van der Waals surface area contributed by atoms with Gasteiger partial charge in [-0.3, -0.25) is 0 Å². The molecule has 0 radical (unpaired) electrons. The third-order valence-electron chi connectivity index (χ3n) is 3.21. The maximum atomic E-state index is 11.8. The summed E-state index contributed by atoms with van der Waals surface area (Å²) in [5, 5.41) is 6.66. The SMILES string of the molecule is CCCCOC(=O)c1ccc(NC(=S)Nc2ccc(Br)cc2)cc1. The number of ether oxygens (including phenoxy) is 1. The number of anilines is 2. The minimum Gasteiger partial charge on any atom is -0.462 e. The third-order valence-corrected chi connectivity index (χ3v) is 3.94. The van der Waals surface area contributed by atoms with Gasteiger partial charge in [0.2, 0.25) is 0 Å². The first-order valence-corrected chi connectivity index (χ1v) is 8.89. The van der Waals surface area contributed by atoms with E-state index in [0.29, 0.717) is 17.3 Å². The molecule has 0 amide bonds. The van der Waals surface area contributed by atoms with Gasteiger partial charge in [-0.2, -0.15) is 0 Å². The molecule has 0 atom stereocenters. The molecule has 2 N–H and O–H groups in total. The fraction of sp³-hybridized carbons (Fsp3) is 0.222. The number of hydrogen-bond donors (Lipinski definition) is 2. The van der Waals surface area contributed by atoms with Gasteiger partial charge in [-0.05, 0) is 67.2 Å². The van der Waals surface area contributed by atoms with Crippen LogP contribution in [0.5, 0.6) is 0 Å².